The smallest absolute Gasteiger partial charge is 0.264 e. The van der Waals surface area contributed by atoms with Crippen LogP contribution in [0.5, 0.6) is 5.75 Å². The molecule has 3 aromatic carbocycles. The summed E-state index contributed by atoms with van der Waals surface area (Å²) in [5.74, 6) is -0.491. The molecule has 0 saturated heterocycles. The summed E-state index contributed by atoms with van der Waals surface area (Å²) in [6.45, 7) is 2.00. The molecular formula is C24H25FN2O4S2. The summed E-state index contributed by atoms with van der Waals surface area (Å²) in [6.07, 6.45) is 1.89. The van der Waals surface area contributed by atoms with Crippen LogP contribution in [0.1, 0.15) is 12.5 Å². The first-order chi connectivity index (χ1) is 15.8. The standard InChI is InChI=1S/C24H25FN2O4S2/c1-3-31-23-10-5-4-7-18(23)16-26-24(28)17-27(20-9-6-8-19(25)15-20)33(29,30)22-13-11-21(32-2)12-14-22/h4-15H,3,16-17H2,1-2H3,(H,26,28). The first kappa shape index (κ1) is 24.6. The van der Waals surface area contributed by atoms with E-state index in [1.807, 2.05) is 31.4 Å². The van der Waals surface area contributed by atoms with Crippen LogP contribution in [0, 0.1) is 5.82 Å². The zero-order valence-corrected chi connectivity index (χ0v) is 20.0. The van der Waals surface area contributed by atoms with Gasteiger partial charge >= 0.3 is 0 Å². The molecule has 0 aliphatic carbocycles. The van der Waals surface area contributed by atoms with Crippen molar-refractivity contribution in [2.75, 3.05) is 23.7 Å². The Morgan fingerprint density at radius 1 is 1.06 bits per heavy atom. The predicted octanol–water partition coefficient (Wildman–Crippen LogP) is 4.46. The van der Waals surface area contributed by atoms with Gasteiger partial charge in [0.25, 0.3) is 10.0 Å². The second kappa shape index (κ2) is 11.2. The quantitative estimate of drug-likeness (QED) is 0.427. The Hall–Kier alpha value is -3.04. The third-order valence-corrected chi connectivity index (χ3v) is 7.31. The van der Waals surface area contributed by atoms with E-state index in [0.717, 1.165) is 20.8 Å². The SMILES string of the molecule is CCOc1ccccc1CNC(=O)CN(c1cccc(F)c1)S(=O)(=O)c1ccc(SC)cc1. The minimum Gasteiger partial charge on any atom is -0.494 e. The molecule has 0 aliphatic heterocycles. The molecule has 0 atom stereocenters. The van der Waals surface area contributed by atoms with Gasteiger partial charge in [-0.15, -0.1) is 11.8 Å². The molecule has 0 saturated carbocycles. The van der Waals surface area contributed by atoms with Crippen LogP contribution < -0.4 is 14.4 Å². The molecule has 1 N–H and O–H groups in total. The van der Waals surface area contributed by atoms with E-state index in [0.29, 0.717) is 12.4 Å². The number of amides is 1. The number of thioether (sulfide) groups is 1. The van der Waals surface area contributed by atoms with Gasteiger partial charge in [-0.25, -0.2) is 12.8 Å². The zero-order chi connectivity index (χ0) is 23.8. The van der Waals surface area contributed by atoms with Gasteiger partial charge in [-0.2, -0.15) is 0 Å². The number of hydrogen-bond acceptors (Lipinski definition) is 5. The highest BCUT2D eigenvalue weighted by molar-refractivity contribution is 7.98. The first-order valence-electron chi connectivity index (χ1n) is 10.2. The van der Waals surface area contributed by atoms with Crippen LogP contribution in [-0.4, -0.2) is 33.7 Å². The van der Waals surface area contributed by atoms with E-state index in [-0.39, 0.29) is 17.1 Å². The lowest BCUT2D eigenvalue weighted by Crippen LogP contribution is -2.40. The Kier molecular flexibility index (Phi) is 8.35. The number of hydrogen-bond donors (Lipinski definition) is 1. The van der Waals surface area contributed by atoms with Crippen molar-refractivity contribution in [3.05, 3.63) is 84.2 Å². The van der Waals surface area contributed by atoms with E-state index < -0.39 is 28.3 Å². The number of sulfonamides is 1. The Morgan fingerprint density at radius 2 is 1.79 bits per heavy atom. The van der Waals surface area contributed by atoms with Gasteiger partial charge in [-0.05, 0) is 61.7 Å². The summed E-state index contributed by atoms with van der Waals surface area (Å²) >= 11 is 1.48. The van der Waals surface area contributed by atoms with E-state index in [1.54, 1.807) is 18.2 Å². The van der Waals surface area contributed by atoms with Gasteiger partial charge in [-0.1, -0.05) is 24.3 Å². The fourth-order valence-electron chi connectivity index (χ4n) is 3.15. The van der Waals surface area contributed by atoms with Crippen molar-refractivity contribution in [3.8, 4) is 5.75 Å². The molecule has 0 aliphatic rings. The van der Waals surface area contributed by atoms with Crippen LogP contribution in [0.2, 0.25) is 0 Å². The van der Waals surface area contributed by atoms with Crippen molar-refractivity contribution in [2.24, 2.45) is 0 Å². The van der Waals surface area contributed by atoms with E-state index >= 15 is 0 Å². The molecule has 0 heterocycles. The number of rotatable bonds is 10. The highest BCUT2D eigenvalue weighted by atomic mass is 32.2. The maximum absolute atomic E-state index is 13.9. The van der Waals surface area contributed by atoms with E-state index in [2.05, 4.69) is 5.32 Å². The number of para-hydroxylation sites is 1. The van der Waals surface area contributed by atoms with Crippen LogP contribution in [-0.2, 0) is 21.4 Å². The number of carbonyl (C=O) groups excluding carboxylic acids is 1. The maximum atomic E-state index is 13.9. The molecule has 0 spiro atoms. The lowest BCUT2D eigenvalue weighted by molar-refractivity contribution is -0.119. The molecule has 0 radical (unpaired) electrons. The minimum absolute atomic E-state index is 0.0130. The molecule has 1 amide bonds. The van der Waals surface area contributed by atoms with Gasteiger partial charge in [-0.3, -0.25) is 9.10 Å². The van der Waals surface area contributed by atoms with Gasteiger partial charge in [0.1, 0.15) is 18.1 Å². The first-order valence-corrected chi connectivity index (χ1v) is 12.9. The molecular weight excluding hydrogens is 463 g/mol. The second-order valence-electron chi connectivity index (χ2n) is 6.98. The summed E-state index contributed by atoms with van der Waals surface area (Å²) in [7, 11) is -4.12. The number of benzene rings is 3. The van der Waals surface area contributed by atoms with E-state index in [4.69, 9.17) is 4.74 Å². The van der Waals surface area contributed by atoms with Crippen molar-refractivity contribution < 1.29 is 22.3 Å². The zero-order valence-electron chi connectivity index (χ0n) is 18.3. The van der Waals surface area contributed by atoms with Crippen LogP contribution in [0.3, 0.4) is 0 Å². The van der Waals surface area contributed by atoms with Crippen molar-refractivity contribution in [1.29, 1.82) is 0 Å². The molecule has 3 aromatic rings. The summed E-state index contributed by atoms with van der Waals surface area (Å²) in [5.41, 5.74) is 0.828. The average molecular weight is 489 g/mol. The number of carbonyl (C=O) groups is 1. The Bertz CT molecular complexity index is 1200. The molecule has 0 bridgehead atoms. The molecule has 33 heavy (non-hydrogen) atoms. The summed E-state index contributed by atoms with van der Waals surface area (Å²) in [4.78, 5) is 13.7. The van der Waals surface area contributed by atoms with Gasteiger partial charge in [0, 0.05) is 17.0 Å². The summed E-state index contributed by atoms with van der Waals surface area (Å²) in [6, 6.07) is 18.8. The van der Waals surface area contributed by atoms with Crippen molar-refractivity contribution >= 4 is 33.4 Å². The Balaban J connectivity index is 1.85. The fraction of sp³-hybridized carbons (Fsp3) is 0.208. The van der Waals surface area contributed by atoms with Gasteiger partial charge in [0.05, 0.1) is 17.2 Å². The molecule has 174 valence electrons. The van der Waals surface area contributed by atoms with Crippen LogP contribution in [0.15, 0.2) is 82.6 Å². The lowest BCUT2D eigenvalue weighted by atomic mass is 10.2. The highest BCUT2D eigenvalue weighted by Crippen LogP contribution is 2.26. The van der Waals surface area contributed by atoms with Crippen molar-refractivity contribution in [3.63, 3.8) is 0 Å². The molecule has 0 aromatic heterocycles. The van der Waals surface area contributed by atoms with E-state index in [1.165, 1.54) is 42.1 Å². The number of halogens is 1. The number of anilines is 1. The van der Waals surface area contributed by atoms with E-state index in [9.17, 15) is 17.6 Å². The second-order valence-corrected chi connectivity index (χ2v) is 9.73. The monoisotopic (exact) mass is 488 g/mol. The maximum Gasteiger partial charge on any atom is 0.264 e. The minimum atomic E-state index is -4.12. The third kappa shape index (κ3) is 6.27. The molecule has 0 unspecified atom stereocenters. The van der Waals surface area contributed by atoms with Gasteiger partial charge in [0.2, 0.25) is 5.91 Å². The molecule has 9 heteroatoms. The number of nitrogens with zero attached hydrogens (tertiary/aromatic N) is 1. The summed E-state index contributed by atoms with van der Waals surface area (Å²) in [5, 5.41) is 2.73. The van der Waals surface area contributed by atoms with Crippen LogP contribution in [0.4, 0.5) is 10.1 Å². The van der Waals surface area contributed by atoms with Crippen molar-refractivity contribution in [2.45, 2.75) is 23.3 Å². The van der Waals surface area contributed by atoms with Crippen LogP contribution in [0.25, 0.3) is 0 Å². The Labute approximate surface area is 197 Å². The van der Waals surface area contributed by atoms with Crippen molar-refractivity contribution in [1.82, 2.24) is 5.32 Å². The fourth-order valence-corrected chi connectivity index (χ4v) is 4.97. The average Bonchev–Trinajstić information content (AvgIpc) is 2.82. The topological polar surface area (TPSA) is 75.7 Å². The highest BCUT2D eigenvalue weighted by Gasteiger charge is 2.27. The molecule has 6 nitrogen and oxygen atoms in total. The molecule has 0 fully saturated rings. The molecule has 3 rings (SSSR count). The van der Waals surface area contributed by atoms with Crippen LogP contribution >= 0.6 is 11.8 Å². The third-order valence-electron chi connectivity index (χ3n) is 4.78. The number of ether oxygens (including phenoxy) is 1. The summed E-state index contributed by atoms with van der Waals surface area (Å²) < 4.78 is 47.2. The predicted molar refractivity (Wildman–Crippen MR) is 129 cm³/mol. The van der Waals surface area contributed by atoms with Gasteiger partial charge < -0.3 is 10.1 Å². The largest absolute Gasteiger partial charge is 0.494 e. The van der Waals surface area contributed by atoms with Gasteiger partial charge in [0.15, 0.2) is 0 Å². The number of nitrogens with one attached hydrogen (secondary N) is 1. The lowest BCUT2D eigenvalue weighted by Gasteiger charge is -2.24. The Morgan fingerprint density at radius 3 is 2.45 bits per heavy atom. The normalized spacial score (nSPS) is 11.1.